The molecule has 0 aromatic carbocycles. The molecule has 12 heavy (non-hydrogen) atoms. The number of rotatable bonds is 2. The van der Waals surface area contributed by atoms with Gasteiger partial charge in [0, 0.05) is 0 Å². The summed E-state index contributed by atoms with van der Waals surface area (Å²) in [5.74, 6) is 0.221. The Kier molecular flexibility index (Phi) is 1.65. The summed E-state index contributed by atoms with van der Waals surface area (Å²) >= 11 is 0. The van der Waals surface area contributed by atoms with Crippen LogP contribution in [-0.4, -0.2) is 23.3 Å². The molecular formula is C9H14O3. The van der Waals surface area contributed by atoms with E-state index in [2.05, 4.69) is 0 Å². The first-order valence-electron chi connectivity index (χ1n) is 4.55. The fraction of sp³-hybridized carbons (Fsp3) is 0.889. The maximum atomic E-state index is 11.2. The van der Waals surface area contributed by atoms with Crippen molar-refractivity contribution >= 4 is 5.97 Å². The third kappa shape index (κ3) is 1.12. The van der Waals surface area contributed by atoms with E-state index in [0.717, 1.165) is 12.8 Å². The van der Waals surface area contributed by atoms with Crippen molar-refractivity contribution in [3.8, 4) is 0 Å². The van der Waals surface area contributed by atoms with Gasteiger partial charge in [0.15, 0.2) is 0 Å². The van der Waals surface area contributed by atoms with Gasteiger partial charge in [-0.2, -0.15) is 0 Å². The molecular weight excluding hydrogens is 156 g/mol. The third-order valence-corrected chi connectivity index (χ3v) is 2.99. The first-order chi connectivity index (χ1) is 5.65. The largest absolute Gasteiger partial charge is 0.466 e. The molecule has 0 saturated heterocycles. The smallest absolute Gasteiger partial charge is 0.309 e. The van der Waals surface area contributed by atoms with Gasteiger partial charge >= 0.3 is 5.97 Å². The molecule has 3 atom stereocenters. The minimum atomic E-state index is -0.489. The van der Waals surface area contributed by atoms with E-state index in [4.69, 9.17) is 4.74 Å². The van der Waals surface area contributed by atoms with E-state index in [-0.39, 0.29) is 11.9 Å². The molecule has 0 amide bonds. The van der Waals surface area contributed by atoms with Crippen molar-refractivity contribution in [3.05, 3.63) is 0 Å². The van der Waals surface area contributed by atoms with Gasteiger partial charge < -0.3 is 9.84 Å². The molecule has 2 aliphatic rings. The highest BCUT2D eigenvalue weighted by Crippen LogP contribution is 2.58. The molecule has 2 aliphatic carbocycles. The van der Waals surface area contributed by atoms with Gasteiger partial charge in [-0.3, -0.25) is 4.79 Å². The monoisotopic (exact) mass is 170 g/mol. The SMILES string of the molecule is CCOC(=O)C1CC2CC2(O)C1. The summed E-state index contributed by atoms with van der Waals surface area (Å²) in [5, 5.41) is 9.65. The fourth-order valence-electron chi connectivity index (χ4n) is 2.21. The molecule has 2 rings (SSSR count). The van der Waals surface area contributed by atoms with Crippen molar-refractivity contribution in [1.29, 1.82) is 0 Å². The Morgan fingerprint density at radius 2 is 2.42 bits per heavy atom. The number of ether oxygens (including phenoxy) is 1. The van der Waals surface area contributed by atoms with E-state index in [9.17, 15) is 9.90 Å². The second-order valence-corrected chi connectivity index (χ2v) is 3.89. The van der Waals surface area contributed by atoms with Crippen LogP contribution >= 0.6 is 0 Å². The standard InChI is InChI=1S/C9H14O3/c1-2-12-8(10)6-3-7-5-9(7,11)4-6/h6-7,11H,2-5H2,1H3. The molecule has 0 aromatic heterocycles. The average molecular weight is 170 g/mol. The quantitative estimate of drug-likeness (QED) is 0.621. The van der Waals surface area contributed by atoms with Gasteiger partial charge in [-0.25, -0.2) is 0 Å². The predicted molar refractivity (Wildman–Crippen MR) is 42.4 cm³/mol. The van der Waals surface area contributed by atoms with Crippen molar-refractivity contribution < 1.29 is 14.6 Å². The Labute approximate surface area is 71.7 Å². The maximum absolute atomic E-state index is 11.2. The minimum absolute atomic E-state index is 0.0336. The lowest BCUT2D eigenvalue weighted by Gasteiger charge is -2.10. The van der Waals surface area contributed by atoms with Crippen LogP contribution in [0.25, 0.3) is 0 Å². The van der Waals surface area contributed by atoms with E-state index < -0.39 is 5.60 Å². The molecule has 0 aliphatic heterocycles. The van der Waals surface area contributed by atoms with Crippen molar-refractivity contribution in [3.63, 3.8) is 0 Å². The summed E-state index contributed by atoms with van der Waals surface area (Å²) in [5.41, 5.74) is -0.489. The van der Waals surface area contributed by atoms with Gasteiger partial charge in [-0.15, -0.1) is 0 Å². The molecule has 0 spiro atoms. The number of esters is 1. The van der Waals surface area contributed by atoms with Crippen LogP contribution in [0.4, 0.5) is 0 Å². The maximum Gasteiger partial charge on any atom is 0.309 e. The molecule has 3 unspecified atom stereocenters. The zero-order valence-corrected chi connectivity index (χ0v) is 7.25. The Morgan fingerprint density at radius 1 is 1.67 bits per heavy atom. The Morgan fingerprint density at radius 3 is 2.92 bits per heavy atom. The van der Waals surface area contributed by atoms with Gasteiger partial charge in [0.05, 0.1) is 18.1 Å². The van der Waals surface area contributed by atoms with Gasteiger partial charge in [0.1, 0.15) is 0 Å². The summed E-state index contributed by atoms with van der Waals surface area (Å²) < 4.78 is 4.89. The Hall–Kier alpha value is -0.570. The van der Waals surface area contributed by atoms with Crippen LogP contribution < -0.4 is 0 Å². The fourth-order valence-corrected chi connectivity index (χ4v) is 2.21. The molecule has 2 saturated carbocycles. The first kappa shape index (κ1) is 8.05. The summed E-state index contributed by atoms with van der Waals surface area (Å²) in [4.78, 5) is 11.2. The number of carbonyl (C=O) groups is 1. The highest BCUT2D eigenvalue weighted by atomic mass is 16.5. The lowest BCUT2D eigenvalue weighted by molar-refractivity contribution is -0.148. The molecule has 0 heterocycles. The van der Waals surface area contributed by atoms with Crippen molar-refractivity contribution in [2.75, 3.05) is 6.61 Å². The van der Waals surface area contributed by atoms with E-state index >= 15 is 0 Å². The lowest BCUT2D eigenvalue weighted by Crippen LogP contribution is -2.18. The van der Waals surface area contributed by atoms with E-state index in [1.54, 1.807) is 0 Å². The molecule has 68 valence electrons. The Bertz CT molecular complexity index is 214. The van der Waals surface area contributed by atoms with Crippen LogP contribution in [0.2, 0.25) is 0 Å². The topological polar surface area (TPSA) is 46.5 Å². The van der Waals surface area contributed by atoms with E-state index in [1.807, 2.05) is 6.92 Å². The first-order valence-corrected chi connectivity index (χ1v) is 4.55. The molecule has 0 bridgehead atoms. The van der Waals surface area contributed by atoms with E-state index in [1.165, 1.54) is 0 Å². The van der Waals surface area contributed by atoms with Gasteiger partial charge in [0.2, 0.25) is 0 Å². The molecule has 2 fully saturated rings. The second-order valence-electron chi connectivity index (χ2n) is 3.89. The molecule has 3 heteroatoms. The van der Waals surface area contributed by atoms with E-state index in [0.29, 0.717) is 18.9 Å². The average Bonchev–Trinajstić information content (AvgIpc) is 2.51. The minimum Gasteiger partial charge on any atom is -0.466 e. The highest BCUT2D eigenvalue weighted by molar-refractivity contribution is 5.73. The lowest BCUT2D eigenvalue weighted by atomic mass is 10.0. The summed E-state index contributed by atoms with van der Waals surface area (Å²) in [7, 11) is 0. The van der Waals surface area contributed by atoms with Gasteiger partial charge in [0.25, 0.3) is 0 Å². The number of hydrogen-bond acceptors (Lipinski definition) is 3. The number of hydrogen-bond donors (Lipinski definition) is 1. The van der Waals surface area contributed by atoms with Gasteiger partial charge in [-0.1, -0.05) is 0 Å². The summed E-state index contributed by atoms with van der Waals surface area (Å²) in [6.45, 7) is 2.25. The number of carbonyl (C=O) groups excluding carboxylic acids is 1. The van der Waals surface area contributed by atoms with Crippen LogP contribution in [0.1, 0.15) is 26.2 Å². The Balaban J connectivity index is 1.88. The molecule has 0 radical (unpaired) electrons. The van der Waals surface area contributed by atoms with Crippen LogP contribution in [0, 0.1) is 11.8 Å². The predicted octanol–water partition coefficient (Wildman–Crippen LogP) is 0.711. The van der Waals surface area contributed by atoms with Crippen LogP contribution in [0.15, 0.2) is 0 Å². The van der Waals surface area contributed by atoms with Crippen LogP contribution in [-0.2, 0) is 9.53 Å². The molecule has 0 aromatic rings. The zero-order valence-electron chi connectivity index (χ0n) is 7.25. The second kappa shape index (κ2) is 2.46. The number of fused-ring (bicyclic) bond motifs is 1. The summed E-state index contributed by atoms with van der Waals surface area (Å²) in [6.07, 6.45) is 2.34. The summed E-state index contributed by atoms with van der Waals surface area (Å²) in [6, 6.07) is 0. The van der Waals surface area contributed by atoms with Crippen molar-refractivity contribution in [2.24, 2.45) is 11.8 Å². The molecule has 1 N–H and O–H groups in total. The van der Waals surface area contributed by atoms with Gasteiger partial charge in [-0.05, 0) is 32.1 Å². The third-order valence-electron chi connectivity index (χ3n) is 2.99. The number of aliphatic hydroxyl groups is 1. The highest BCUT2D eigenvalue weighted by Gasteiger charge is 2.60. The normalized spacial score (nSPS) is 43.8. The zero-order chi connectivity index (χ0) is 8.77. The van der Waals surface area contributed by atoms with Crippen molar-refractivity contribution in [2.45, 2.75) is 31.8 Å². The molecule has 3 nitrogen and oxygen atoms in total. The van der Waals surface area contributed by atoms with Crippen molar-refractivity contribution in [1.82, 2.24) is 0 Å². The van der Waals surface area contributed by atoms with Crippen LogP contribution in [0.3, 0.4) is 0 Å². The van der Waals surface area contributed by atoms with Crippen LogP contribution in [0.5, 0.6) is 0 Å².